The molecule has 0 aliphatic carbocycles. The molecule has 146 valence electrons. The molecule has 6 nitrogen and oxygen atoms in total. The van der Waals surface area contributed by atoms with E-state index in [1.165, 1.54) is 16.2 Å². The van der Waals surface area contributed by atoms with Gasteiger partial charge in [-0.1, -0.05) is 18.2 Å². The summed E-state index contributed by atoms with van der Waals surface area (Å²) in [6.45, 7) is 5.49. The van der Waals surface area contributed by atoms with Gasteiger partial charge in [-0.2, -0.15) is 0 Å². The molecule has 1 atom stereocenters. The number of carbonyl (C=O) groups is 2. The van der Waals surface area contributed by atoms with E-state index in [4.69, 9.17) is 0 Å². The Balaban J connectivity index is 1.90. The molecule has 0 fully saturated rings. The van der Waals surface area contributed by atoms with Crippen molar-refractivity contribution in [1.29, 1.82) is 0 Å². The number of hydrogen-bond donors (Lipinski definition) is 1. The van der Waals surface area contributed by atoms with Crippen molar-refractivity contribution >= 4 is 28.7 Å². The highest BCUT2D eigenvalue weighted by Crippen LogP contribution is 2.42. The number of hydrogen-bond acceptors (Lipinski definition) is 6. The molecule has 0 saturated heterocycles. The van der Waals surface area contributed by atoms with E-state index in [-0.39, 0.29) is 11.4 Å². The van der Waals surface area contributed by atoms with Crippen LogP contribution in [-0.4, -0.2) is 26.8 Å². The molecule has 0 spiro atoms. The minimum absolute atomic E-state index is 0.0521. The Morgan fingerprint density at radius 3 is 2.59 bits per heavy atom. The summed E-state index contributed by atoms with van der Waals surface area (Å²) < 4.78 is 0. The second kappa shape index (κ2) is 7.25. The fourth-order valence-corrected chi connectivity index (χ4v) is 4.47. The zero-order chi connectivity index (χ0) is 20.7. The summed E-state index contributed by atoms with van der Waals surface area (Å²) in [6.07, 6.45) is 3.23. The van der Waals surface area contributed by atoms with Gasteiger partial charge < -0.3 is 5.11 Å². The lowest BCUT2D eigenvalue weighted by Crippen LogP contribution is -2.31. The summed E-state index contributed by atoms with van der Waals surface area (Å²) >= 11 is 1.26. The predicted octanol–water partition coefficient (Wildman–Crippen LogP) is 4.25. The smallest absolute Gasteiger partial charge is 0.294 e. The maximum absolute atomic E-state index is 13.4. The highest BCUT2D eigenvalue weighted by molar-refractivity contribution is 7.14. The number of pyridine rings is 1. The van der Waals surface area contributed by atoms with Crippen LogP contribution in [0, 0.1) is 20.8 Å². The fourth-order valence-electron chi connectivity index (χ4n) is 3.60. The lowest BCUT2D eigenvalue weighted by molar-refractivity contribution is -0.117. The van der Waals surface area contributed by atoms with E-state index < -0.39 is 17.7 Å². The highest BCUT2D eigenvalue weighted by atomic mass is 32.1. The van der Waals surface area contributed by atoms with Crippen molar-refractivity contribution in [2.75, 3.05) is 4.90 Å². The number of aliphatic hydroxyl groups is 1. The molecule has 1 amide bonds. The number of nitrogens with zero attached hydrogens (tertiary/aromatic N) is 3. The van der Waals surface area contributed by atoms with Crippen molar-refractivity contribution in [3.05, 3.63) is 86.8 Å². The summed E-state index contributed by atoms with van der Waals surface area (Å²) in [5.74, 6) is -1.52. The first-order chi connectivity index (χ1) is 13.9. The van der Waals surface area contributed by atoms with E-state index in [0.29, 0.717) is 21.8 Å². The van der Waals surface area contributed by atoms with E-state index in [2.05, 4.69) is 9.97 Å². The average Bonchev–Trinajstić information content (AvgIpc) is 3.18. The number of thiazole rings is 1. The van der Waals surface area contributed by atoms with Crippen LogP contribution in [0.2, 0.25) is 0 Å². The summed E-state index contributed by atoms with van der Waals surface area (Å²) in [7, 11) is 0. The van der Waals surface area contributed by atoms with E-state index in [9.17, 15) is 14.7 Å². The van der Waals surface area contributed by atoms with Gasteiger partial charge in [0.05, 0.1) is 27.2 Å². The number of benzene rings is 1. The second-order valence-electron chi connectivity index (χ2n) is 6.94. The summed E-state index contributed by atoms with van der Waals surface area (Å²) in [6, 6.07) is 10.2. The van der Waals surface area contributed by atoms with Crippen LogP contribution in [0.1, 0.15) is 37.5 Å². The SMILES string of the molecule is Cc1cccc(N2C(=O)C(O)=C(C(=O)c3sc(C)nc3C)C2c2cccnc2)c1. The van der Waals surface area contributed by atoms with Crippen molar-refractivity contribution in [2.45, 2.75) is 26.8 Å². The molecule has 1 N–H and O–H groups in total. The van der Waals surface area contributed by atoms with Crippen molar-refractivity contribution in [3.8, 4) is 0 Å². The highest BCUT2D eigenvalue weighted by Gasteiger charge is 2.45. The van der Waals surface area contributed by atoms with Crippen LogP contribution in [0.5, 0.6) is 0 Å². The summed E-state index contributed by atoms with van der Waals surface area (Å²) in [5.41, 5.74) is 2.86. The first kappa shape index (κ1) is 19.0. The molecule has 1 aliphatic heterocycles. The van der Waals surface area contributed by atoms with Gasteiger partial charge in [-0.15, -0.1) is 11.3 Å². The Kier molecular flexibility index (Phi) is 4.76. The Labute approximate surface area is 172 Å². The quantitative estimate of drug-likeness (QED) is 0.656. The van der Waals surface area contributed by atoms with Gasteiger partial charge in [0.2, 0.25) is 5.78 Å². The zero-order valence-corrected chi connectivity index (χ0v) is 17.0. The summed E-state index contributed by atoms with van der Waals surface area (Å²) in [4.78, 5) is 36.8. The monoisotopic (exact) mass is 405 g/mol. The number of ketones is 1. The minimum Gasteiger partial charge on any atom is -0.503 e. The Hall–Kier alpha value is -3.32. The van der Waals surface area contributed by atoms with Crippen LogP contribution in [0.25, 0.3) is 0 Å². The van der Waals surface area contributed by atoms with Gasteiger partial charge in [-0.25, -0.2) is 4.98 Å². The Bertz CT molecular complexity index is 1150. The van der Waals surface area contributed by atoms with E-state index in [1.54, 1.807) is 37.5 Å². The molecule has 1 unspecified atom stereocenters. The van der Waals surface area contributed by atoms with Crippen molar-refractivity contribution in [3.63, 3.8) is 0 Å². The van der Waals surface area contributed by atoms with Gasteiger partial charge >= 0.3 is 0 Å². The Morgan fingerprint density at radius 1 is 1.17 bits per heavy atom. The van der Waals surface area contributed by atoms with Crippen molar-refractivity contribution in [1.82, 2.24) is 9.97 Å². The first-order valence-electron chi connectivity index (χ1n) is 9.10. The molecule has 4 rings (SSSR count). The number of Topliss-reactive ketones (excluding diaryl/α,β-unsaturated/α-hetero) is 1. The van der Waals surface area contributed by atoms with Gasteiger partial charge in [-0.3, -0.25) is 19.5 Å². The molecule has 29 heavy (non-hydrogen) atoms. The fraction of sp³-hybridized carbons (Fsp3) is 0.182. The molecule has 1 aliphatic rings. The number of amides is 1. The predicted molar refractivity (Wildman–Crippen MR) is 111 cm³/mol. The molecule has 0 saturated carbocycles. The van der Waals surface area contributed by atoms with Crippen LogP contribution < -0.4 is 4.90 Å². The zero-order valence-electron chi connectivity index (χ0n) is 16.2. The number of aliphatic hydroxyl groups excluding tert-OH is 1. The van der Waals surface area contributed by atoms with Gasteiger partial charge in [0, 0.05) is 18.1 Å². The number of anilines is 1. The van der Waals surface area contributed by atoms with Crippen LogP contribution in [0.3, 0.4) is 0 Å². The third-order valence-electron chi connectivity index (χ3n) is 4.84. The maximum atomic E-state index is 13.4. The normalized spacial score (nSPS) is 16.6. The molecular weight excluding hydrogens is 386 g/mol. The van der Waals surface area contributed by atoms with Gasteiger partial charge in [0.1, 0.15) is 0 Å². The standard InChI is InChI=1S/C22H19N3O3S/c1-12-6-4-8-16(10-12)25-18(15-7-5-9-23-11-15)17(20(27)22(25)28)19(26)21-13(2)24-14(3)29-21/h4-11,18,27H,1-3H3. The van der Waals surface area contributed by atoms with Crippen molar-refractivity contribution < 1.29 is 14.7 Å². The van der Waals surface area contributed by atoms with E-state index in [0.717, 1.165) is 10.6 Å². The van der Waals surface area contributed by atoms with Crippen LogP contribution in [0.15, 0.2) is 60.1 Å². The minimum atomic E-state index is -0.771. The van der Waals surface area contributed by atoms with Gasteiger partial charge in [0.15, 0.2) is 5.76 Å². The lowest BCUT2D eigenvalue weighted by Gasteiger charge is -2.26. The number of aromatic nitrogens is 2. The van der Waals surface area contributed by atoms with Crippen LogP contribution in [-0.2, 0) is 4.79 Å². The number of rotatable bonds is 4. The first-order valence-corrected chi connectivity index (χ1v) is 9.92. The molecule has 3 aromatic rings. The largest absolute Gasteiger partial charge is 0.503 e. The average molecular weight is 405 g/mol. The van der Waals surface area contributed by atoms with Crippen LogP contribution >= 0.6 is 11.3 Å². The van der Waals surface area contributed by atoms with E-state index in [1.807, 2.05) is 32.0 Å². The molecule has 3 heterocycles. The molecule has 0 radical (unpaired) electrons. The Morgan fingerprint density at radius 2 is 1.97 bits per heavy atom. The maximum Gasteiger partial charge on any atom is 0.294 e. The van der Waals surface area contributed by atoms with Crippen LogP contribution in [0.4, 0.5) is 5.69 Å². The third kappa shape index (κ3) is 3.23. The van der Waals surface area contributed by atoms with Crippen molar-refractivity contribution in [2.24, 2.45) is 0 Å². The molecular formula is C22H19N3O3S. The number of carbonyl (C=O) groups excluding carboxylic acids is 2. The van der Waals surface area contributed by atoms with Gasteiger partial charge in [-0.05, 0) is 50.1 Å². The van der Waals surface area contributed by atoms with E-state index >= 15 is 0 Å². The topological polar surface area (TPSA) is 83.4 Å². The number of aryl methyl sites for hydroxylation is 3. The molecule has 1 aromatic carbocycles. The lowest BCUT2D eigenvalue weighted by atomic mass is 9.96. The third-order valence-corrected chi connectivity index (χ3v) is 5.91. The second-order valence-corrected chi connectivity index (χ2v) is 8.15. The molecule has 0 bridgehead atoms. The molecule has 7 heteroatoms. The summed E-state index contributed by atoms with van der Waals surface area (Å²) in [5, 5.41) is 11.5. The molecule has 2 aromatic heterocycles. The van der Waals surface area contributed by atoms with Gasteiger partial charge in [0.25, 0.3) is 5.91 Å².